The SMILES string of the molecule is CC1CCCCC1(N)CCOCC(F)(F)F. The van der Waals surface area contributed by atoms with Crippen molar-refractivity contribution >= 4 is 0 Å². The average Bonchev–Trinajstić information content (AvgIpc) is 2.17. The fourth-order valence-electron chi connectivity index (χ4n) is 2.26. The Hall–Kier alpha value is -0.290. The Bertz CT molecular complexity index is 220. The zero-order chi connectivity index (χ0) is 12.2. The van der Waals surface area contributed by atoms with Crippen molar-refractivity contribution in [3.8, 4) is 0 Å². The van der Waals surface area contributed by atoms with Crippen molar-refractivity contribution in [1.29, 1.82) is 0 Å². The lowest BCUT2D eigenvalue weighted by Gasteiger charge is -2.39. The Morgan fingerprint density at radius 2 is 2.06 bits per heavy atom. The predicted octanol–water partition coefficient (Wildman–Crippen LogP) is 2.86. The zero-order valence-electron chi connectivity index (χ0n) is 9.65. The van der Waals surface area contributed by atoms with Crippen molar-refractivity contribution in [1.82, 2.24) is 0 Å². The van der Waals surface area contributed by atoms with Crippen LogP contribution in [0.15, 0.2) is 0 Å². The summed E-state index contributed by atoms with van der Waals surface area (Å²) < 4.78 is 40.1. The zero-order valence-corrected chi connectivity index (χ0v) is 9.65. The van der Waals surface area contributed by atoms with E-state index in [2.05, 4.69) is 11.7 Å². The van der Waals surface area contributed by atoms with Gasteiger partial charge in [-0.2, -0.15) is 13.2 Å². The fourth-order valence-corrected chi connectivity index (χ4v) is 2.26. The number of halogens is 3. The maximum Gasteiger partial charge on any atom is 0.411 e. The van der Waals surface area contributed by atoms with Crippen LogP contribution in [0.1, 0.15) is 39.0 Å². The van der Waals surface area contributed by atoms with E-state index in [-0.39, 0.29) is 12.1 Å². The molecule has 0 aromatic rings. The Balaban J connectivity index is 2.25. The van der Waals surface area contributed by atoms with Gasteiger partial charge >= 0.3 is 6.18 Å². The van der Waals surface area contributed by atoms with Gasteiger partial charge in [-0.25, -0.2) is 0 Å². The predicted molar refractivity (Wildman–Crippen MR) is 56.0 cm³/mol. The van der Waals surface area contributed by atoms with Gasteiger partial charge in [-0.1, -0.05) is 19.8 Å². The lowest BCUT2D eigenvalue weighted by Crippen LogP contribution is -2.49. The summed E-state index contributed by atoms with van der Waals surface area (Å²) in [6, 6.07) is 0. The second-order valence-corrected chi connectivity index (χ2v) is 4.80. The number of alkyl halides is 3. The molecule has 0 heterocycles. The third-order valence-electron chi connectivity index (χ3n) is 3.49. The molecule has 16 heavy (non-hydrogen) atoms. The molecule has 2 nitrogen and oxygen atoms in total. The van der Waals surface area contributed by atoms with Gasteiger partial charge in [0.25, 0.3) is 0 Å². The molecule has 2 atom stereocenters. The minimum atomic E-state index is -4.24. The molecular formula is C11H20F3NO. The minimum absolute atomic E-state index is 0.0976. The van der Waals surface area contributed by atoms with Gasteiger partial charge in [0.2, 0.25) is 0 Å². The van der Waals surface area contributed by atoms with Crippen molar-refractivity contribution in [3.05, 3.63) is 0 Å². The van der Waals surface area contributed by atoms with Crippen LogP contribution in [0.3, 0.4) is 0 Å². The summed E-state index contributed by atoms with van der Waals surface area (Å²) in [6.07, 6.45) is 0.479. The molecule has 0 aromatic heterocycles. The molecular weight excluding hydrogens is 219 g/mol. The molecule has 1 saturated carbocycles. The summed E-state index contributed by atoms with van der Waals surface area (Å²) in [4.78, 5) is 0. The highest BCUT2D eigenvalue weighted by molar-refractivity contribution is 4.92. The van der Waals surface area contributed by atoms with Gasteiger partial charge in [0, 0.05) is 12.1 Å². The number of hydrogen-bond donors (Lipinski definition) is 1. The van der Waals surface area contributed by atoms with Crippen LogP contribution in [0.25, 0.3) is 0 Å². The van der Waals surface area contributed by atoms with Gasteiger partial charge in [-0.05, 0) is 25.2 Å². The summed E-state index contributed by atoms with van der Waals surface area (Å²) in [7, 11) is 0. The van der Waals surface area contributed by atoms with Crippen molar-refractivity contribution in [2.45, 2.75) is 50.7 Å². The standard InChI is InChI=1S/C11H20F3NO/c1-9-4-2-3-5-10(9,15)6-7-16-8-11(12,13)14/h9H,2-8,15H2,1H3. The first-order valence-electron chi connectivity index (χ1n) is 5.77. The van der Waals surface area contributed by atoms with Crippen molar-refractivity contribution in [3.63, 3.8) is 0 Å². The van der Waals surface area contributed by atoms with Crippen LogP contribution in [0, 0.1) is 5.92 Å². The summed E-state index contributed by atoms with van der Waals surface area (Å²) in [5.74, 6) is 0.371. The molecule has 1 fully saturated rings. The van der Waals surface area contributed by atoms with E-state index in [9.17, 15) is 13.2 Å². The molecule has 1 rings (SSSR count). The molecule has 1 aliphatic rings. The summed E-state index contributed by atoms with van der Waals surface area (Å²) in [6.45, 7) is 1.00. The van der Waals surface area contributed by atoms with Crippen molar-refractivity contribution in [2.24, 2.45) is 11.7 Å². The highest BCUT2D eigenvalue weighted by Crippen LogP contribution is 2.34. The maximum atomic E-state index is 11.8. The Morgan fingerprint density at radius 1 is 1.38 bits per heavy atom. The first-order valence-corrected chi connectivity index (χ1v) is 5.77. The van der Waals surface area contributed by atoms with E-state index in [1.165, 1.54) is 6.42 Å². The highest BCUT2D eigenvalue weighted by atomic mass is 19.4. The lowest BCUT2D eigenvalue weighted by atomic mass is 9.73. The second-order valence-electron chi connectivity index (χ2n) is 4.80. The molecule has 2 N–H and O–H groups in total. The van der Waals surface area contributed by atoms with Gasteiger partial charge in [0.1, 0.15) is 6.61 Å². The molecule has 2 unspecified atom stereocenters. The van der Waals surface area contributed by atoms with E-state index in [0.717, 1.165) is 19.3 Å². The summed E-state index contributed by atoms with van der Waals surface area (Å²) in [5.41, 5.74) is 5.86. The topological polar surface area (TPSA) is 35.2 Å². The maximum absolute atomic E-state index is 11.8. The highest BCUT2D eigenvalue weighted by Gasteiger charge is 2.34. The van der Waals surface area contributed by atoms with E-state index in [1.54, 1.807) is 0 Å². The first kappa shape index (κ1) is 13.8. The van der Waals surface area contributed by atoms with E-state index in [1.807, 2.05) is 0 Å². The number of hydrogen-bond acceptors (Lipinski definition) is 2. The molecule has 0 bridgehead atoms. The van der Waals surface area contributed by atoms with E-state index < -0.39 is 12.8 Å². The molecule has 96 valence electrons. The molecule has 0 radical (unpaired) electrons. The van der Waals surface area contributed by atoms with Crippen LogP contribution in [0.4, 0.5) is 13.2 Å². The second kappa shape index (κ2) is 5.36. The largest absolute Gasteiger partial charge is 0.411 e. The molecule has 0 aromatic carbocycles. The number of rotatable bonds is 4. The third-order valence-corrected chi connectivity index (χ3v) is 3.49. The van der Waals surface area contributed by atoms with Crippen LogP contribution in [-0.4, -0.2) is 24.9 Å². The molecule has 0 spiro atoms. The number of ether oxygens (including phenoxy) is 1. The van der Waals surface area contributed by atoms with Gasteiger partial charge < -0.3 is 10.5 Å². The van der Waals surface area contributed by atoms with E-state index >= 15 is 0 Å². The van der Waals surface area contributed by atoms with Gasteiger partial charge in [0.05, 0.1) is 0 Å². The van der Waals surface area contributed by atoms with Gasteiger partial charge in [-0.3, -0.25) is 0 Å². The van der Waals surface area contributed by atoms with E-state index in [4.69, 9.17) is 5.73 Å². The van der Waals surface area contributed by atoms with Crippen LogP contribution in [-0.2, 0) is 4.74 Å². The average molecular weight is 239 g/mol. The van der Waals surface area contributed by atoms with Crippen molar-refractivity contribution in [2.75, 3.05) is 13.2 Å². The van der Waals surface area contributed by atoms with Crippen LogP contribution in [0.5, 0.6) is 0 Å². The number of nitrogens with two attached hydrogens (primary N) is 1. The summed E-state index contributed by atoms with van der Waals surface area (Å²) in [5, 5.41) is 0. The Morgan fingerprint density at radius 3 is 2.62 bits per heavy atom. The molecule has 5 heteroatoms. The Kier molecular flexibility index (Phi) is 4.62. The molecule has 0 saturated heterocycles. The van der Waals surface area contributed by atoms with Crippen LogP contribution in [0.2, 0.25) is 0 Å². The van der Waals surface area contributed by atoms with Crippen LogP contribution < -0.4 is 5.73 Å². The smallest absolute Gasteiger partial charge is 0.372 e. The molecule has 1 aliphatic carbocycles. The molecule has 0 amide bonds. The quantitative estimate of drug-likeness (QED) is 0.766. The van der Waals surface area contributed by atoms with Crippen LogP contribution >= 0.6 is 0 Å². The summed E-state index contributed by atoms with van der Waals surface area (Å²) >= 11 is 0. The molecule has 0 aliphatic heterocycles. The minimum Gasteiger partial charge on any atom is -0.372 e. The van der Waals surface area contributed by atoms with E-state index in [0.29, 0.717) is 12.3 Å². The lowest BCUT2D eigenvalue weighted by molar-refractivity contribution is -0.175. The van der Waals surface area contributed by atoms with Gasteiger partial charge in [-0.15, -0.1) is 0 Å². The monoisotopic (exact) mass is 239 g/mol. The van der Waals surface area contributed by atoms with Crippen molar-refractivity contribution < 1.29 is 17.9 Å². The third kappa shape index (κ3) is 4.29. The van der Waals surface area contributed by atoms with Gasteiger partial charge in [0.15, 0.2) is 0 Å². The first-order chi connectivity index (χ1) is 7.33. The fraction of sp³-hybridized carbons (Fsp3) is 1.00. The Labute approximate surface area is 94.3 Å². The normalized spacial score (nSPS) is 31.7.